The van der Waals surface area contributed by atoms with Crippen LogP contribution in [-0.2, 0) is 0 Å². The first-order chi connectivity index (χ1) is 13.9. The van der Waals surface area contributed by atoms with Crippen LogP contribution in [0.5, 0.6) is 0 Å². The van der Waals surface area contributed by atoms with Crippen molar-refractivity contribution >= 4 is 34.2 Å². The molecule has 29 heavy (non-hydrogen) atoms. The van der Waals surface area contributed by atoms with Gasteiger partial charge in [0.2, 0.25) is 0 Å². The Kier molecular flexibility index (Phi) is 5.28. The highest BCUT2D eigenvalue weighted by molar-refractivity contribution is 6.31. The molecule has 4 rings (SSSR count). The Balaban J connectivity index is 1.46. The number of nitrogens with one attached hydrogen (secondary N) is 1. The van der Waals surface area contributed by atoms with Crippen molar-refractivity contribution in [1.82, 2.24) is 14.5 Å². The van der Waals surface area contributed by atoms with Crippen molar-refractivity contribution in [3.63, 3.8) is 0 Å². The smallest absolute Gasteiger partial charge is 0.321 e. The van der Waals surface area contributed by atoms with E-state index >= 15 is 0 Å². The van der Waals surface area contributed by atoms with E-state index in [9.17, 15) is 9.59 Å². The van der Waals surface area contributed by atoms with Crippen LogP contribution in [0, 0.1) is 13.8 Å². The lowest BCUT2D eigenvalue weighted by atomic mass is 10.0. The van der Waals surface area contributed by atoms with Crippen molar-refractivity contribution in [3.8, 4) is 0 Å². The van der Waals surface area contributed by atoms with E-state index in [1.807, 2.05) is 32.0 Å². The highest BCUT2D eigenvalue weighted by atomic mass is 35.5. The minimum absolute atomic E-state index is 0.0168. The van der Waals surface area contributed by atoms with Crippen LogP contribution in [0.2, 0.25) is 5.02 Å². The molecule has 0 bridgehead atoms. The second-order valence-electron chi connectivity index (χ2n) is 7.59. The van der Waals surface area contributed by atoms with Crippen molar-refractivity contribution in [2.75, 3.05) is 18.4 Å². The third-order valence-electron chi connectivity index (χ3n) is 5.52. The molecule has 0 aliphatic carbocycles. The number of hydrogen-bond donors (Lipinski definition) is 1. The van der Waals surface area contributed by atoms with Crippen molar-refractivity contribution < 1.29 is 4.79 Å². The predicted molar refractivity (Wildman–Crippen MR) is 116 cm³/mol. The summed E-state index contributed by atoms with van der Waals surface area (Å²) in [7, 11) is 0. The lowest BCUT2D eigenvalue weighted by molar-refractivity contribution is 0.182. The van der Waals surface area contributed by atoms with Gasteiger partial charge in [0.1, 0.15) is 0 Å². The van der Waals surface area contributed by atoms with Gasteiger partial charge in [-0.3, -0.25) is 9.36 Å². The molecule has 1 aliphatic heterocycles. The lowest BCUT2D eigenvalue weighted by Gasteiger charge is -2.33. The number of piperidine rings is 1. The van der Waals surface area contributed by atoms with Gasteiger partial charge in [-0.15, -0.1) is 0 Å². The first-order valence-electron chi connectivity index (χ1n) is 9.72. The maximum absolute atomic E-state index is 12.9. The van der Waals surface area contributed by atoms with Gasteiger partial charge in [0.15, 0.2) is 0 Å². The molecule has 1 N–H and O–H groups in total. The number of hydrogen-bond acceptors (Lipinski definition) is 3. The molecule has 2 heterocycles. The molecule has 0 saturated carbocycles. The Morgan fingerprint density at radius 3 is 2.66 bits per heavy atom. The number of nitrogens with zero attached hydrogens (tertiary/aromatic N) is 3. The summed E-state index contributed by atoms with van der Waals surface area (Å²) in [4.78, 5) is 31.7. The van der Waals surface area contributed by atoms with Crippen molar-refractivity contribution in [2.45, 2.75) is 32.7 Å². The van der Waals surface area contributed by atoms with Gasteiger partial charge in [-0.25, -0.2) is 9.78 Å². The van der Waals surface area contributed by atoms with Crippen molar-refractivity contribution in [1.29, 1.82) is 0 Å². The van der Waals surface area contributed by atoms with Crippen LogP contribution < -0.4 is 10.9 Å². The molecule has 6 nitrogen and oxygen atoms in total. The second-order valence-corrected chi connectivity index (χ2v) is 8.02. The zero-order chi connectivity index (χ0) is 20.5. The lowest BCUT2D eigenvalue weighted by Crippen LogP contribution is -2.42. The molecule has 1 saturated heterocycles. The van der Waals surface area contributed by atoms with Gasteiger partial charge in [-0.05, 0) is 62.1 Å². The number of urea groups is 1. The van der Waals surface area contributed by atoms with E-state index in [2.05, 4.69) is 10.3 Å². The summed E-state index contributed by atoms with van der Waals surface area (Å²) in [6.07, 6.45) is 3.01. The Morgan fingerprint density at radius 2 is 1.90 bits per heavy atom. The van der Waals surface area contributed by atoms with Gasteiger partial charge in [-0.2, -0.15) is 0 Å². The summed E-state index contributed by atoms with van der Waals surface area (Å²) in [6.45, 7) is 5.15. The molecule has 7 heteroatoms. The second kappa shape index (κ2) is 7.87. The zero-order valence-electron chi connectivity index (χ0n) is 16.5. The fourth-order valence-corrected chi connectivity index (χ4v) is 3.95. The zero-order valence-corrected chi connectivity index (χ0v) is 17.2. The van der Waals surface area contributed by atoms with E-state index < -0.39 is 0 Å². The van der Waals surface area contributed by atoms with Crippen molar-refractivity contribution in [3.05, 3.63) is 69.2 Å². The van der Waals surface area contributed by atoms with Crippen molar-refractivity contribution in [2.24, 2.45) is 0 Å². The minimum Gasteiger partial charge on any atom is -0.324 e. The van der Waals surface area contributed by atoms with Crippen LogP contribution in [0.15, 0.2) is 47.5 Å². The molecule has 2 aromatic carbocycles. The van der Waals surface area contributed by atoms with E-state index in [0.717, 1.165) is 16.8 Å². The normalized spacial score (nSPS) is 14.9. The molecule has 0 spiro atoms. The summed E-state index contributed by atoms with van der Waals surface area (Å²) >= 11 is 6.04. The average molecular weight is 411 g/mol. The van der Waals surface area contributed by atoms with Gasteiger partial charge < -0.3 is 10.2 Å². The number of rotatable bonds is 2. The van der Waals surface area contributed by atoms with Gasteiger partial charge in [0, 0.05) is 29.8 Å². The summed E-state index contributed by atoms with van der Waals surface area (Å²) in [5.41, 5.74) is 3.53. The number of aromatic nitrogens is 2. The van der Waals surface area contributed by atoms with Crippen LogP contribution in [0.25, 0.3) is 10.9 Å². The Hall–Kier alpha value is -2.86. The molecular formula is C22H23ClN4O2. The van der Waals surface area contributed by atoms with E-state index in [0.29, 0.717) is 41.9 Å². The fraction of sp³-hybridized carbons (Fsp3) is 0.318. The van der Waals surface area contributed by atoms with Gasteiger partial charge >= 0.3 is 6.03 Å². The Bertz CT molecular complexity index is 1130. The Morgan fingerprint density at radius 1 is 1.14 bits per heavy atom. The van der Waals surface area contributed by atoms with Gasteiger partial charge in [-0.1, -0.05) is 23.7 Å². The highest BCUT2D eigenvalue weighted by Gasteiger charge is 2.25. The quantitative estimate of drug-likeness (QED) is 0.674. The number of fused-ring (bicyclic) bond motifs is 1. The number of carbonyl (C=O) groups is 1. The number of carbonyl (C=O) groups excluding carboxylic acids is 1. The number of anilines is 1. The summed E-state index contributed by atoms with van der Waals surface area (Å²) in [6, 6.07) is 11.1. The number of likely N-dealkylation sites (tertiary alicyclic amines) is 1. The maximum Gasteiger partial charge on any atom is 0.321 e. The van der Waals surface area contributed by atoms with Gasteiger partial charge in [0.25, 0.3) is 5.56 Å². The maximum atomic E-state index is 12.9. The molecule has 2 amide bonds. The number of benzene rings is 2. The van der Waals surface area contributed by atoms with E-state index in [-0.39, 0.29) is 17.6 Å². The van der Waals surface area contributed by atoms with Crippen LogP contribution in [0.4, 0.5) is 10.5 Å². The predicted octanol–water partition coefficient (Wildman–Crippen LogP) is 4.54. The standard InChI is InChI=1S/C22H23ClN4O2/c1-14-3-4-15(2)20(11-14)25-22(29)26-9-7-17(8-10-26)27-13-24-19-6-5-16(23)12-18(19)21(27)28/h3-6,11-13,17H,7-10H2,1-2H3,(H,25,29). The topological polar surface area (TPSA) is 67.2 Å². The van der Waals surface area contributed by atoms with Gasteiger partial charge in [0.05, 0.1) is 17.2 Å². The van der Waals surface area contributed by atoms with Crippen LogP contribution in [0.1, 0.15) is 30.0 Å². The molecule has 3 aromatic rings. The van der Waals surface area contributed by atoms with E-state index in [1.54, 1.807) is 34.0 Å². The molecule has 150 valence electrons. The summed E-state index contributed by atoms with van der Waals surface area (Å²) in [5.74, 6) is 0. The summed E-state index contributed by atoms with van der Waals surface area (Å²) < 4.78 is 1.68. The first-order valence-corrected chi connectivity index (χ1v) is 10.1. The molecule has 0 atom stereocenters. The molecule has 0 unspecified atom stereocenters. The number of aryl methyl sites for hydroxylation is 2. The van der Waals surface area contributed by atoms with Crippen LogP contribution in [0.3, 0.4) is 0 Å². The SMILES string of the molecule is Cc1ccc(C)c(NC(=O)N2CCC(n3cnc4ccc(Cl)cc4c3=O)CC2)c1. The highest BCUT2D eigenvalue weighted by Crippen LogP contribution is 2.24. The molecule has 1 aromatic heterocycles. The van der Waals surface area contributed by atoms with E-state index in [1.165, 1.54) is 0 Å². The molecule has 1 fully saturated rings. The monoisotopic (exact) mass is 410 g/mol. The number of amides is 2. The summed E-state index contributed by atoms with van der Waals surface area (Å²) in [5, 5.41) is 4.05. The first kappa shape index (κ1) is 19.5. The molecule has 1 aliphatic rings. The minimum atomic E-state index is -0.104. The van der Waals surface area contributed by atoms with Crippen LogP contribution >= 0.6 is 11.6 Å². The molecule has 0 radical (unpaired) electrons. The fourth-order valence-electron chi connectivity index (χ4n) is 3.78. The Labute approximate surface area is 174 Å². The van der Waals surface area contributed by atoms with Crippen LogP contribution in [-0.4, -0.2) is 33.6 Å². The average Bonchev–Trinajstić information content (AvgIpc) is 2.71. The molecular weight excluding hydrogens is 388 g/mol. The van der Waals surface area contributed by atoms with E-state index in [4.69, 9.17) is 11.6 Å². The number of halogens is 1. The third kappa shape index (κ3) is 3.98. The third-order valence-corrected chi connectivity index (χ3v) is 5.76. The largest absolute Gasteiger partial charge is 0.324 e.